The Balaban J connectivity index is 2.16. The molecule has 1 aromatic heterocycles. The number of hydrogen-bond donors (Lipinski definition) is 2. The van der Waals surface area contributed by atoms with Gasteiger partial charge in [0.2, 0.25) is 0 Å². The van der Waals surface area contributed by atoms with Crippen molar-refractivity contribution in [2.24, 2.45) is 0 Å². The van der Waals surface area contributed by atoms with Crippen molar-refractivity contribution in [2.45, 2.75) is 19.3 Å². The lowest BCUT2D eigenvalue weighted by Gasteiger charge is -2.11. The largest absolute Gasteiger partial charge is 0.462 e. The van der Waals surface area contributed by atoms with Gasteiger partial charge in [-0.2, -0.15) is 18.4 Å². The van der Waals surface area contributed by atoms with E-state index in [9.17, 15) is 13.2 Å². The number of rotatable bonds is 4. The van der Waals surface area contributed by atoms with Crippen molar-refractivity contribution in [2.75, 3.05) is 5.32 Å². The van der Waals surface area contributed by atoms with E-state index in [1.807, 2.05) is 0 Å². The molecule has 0 amide bonds. The minimum atomic E-state index is -4.59. The normalized spacial score (nSPS) is 11.2. The highest BCUT2D eigenvalue weighted by molar-refractivity contribution is 5.53. The van der Waals surface area contributed by atoms with Crippen LogP contribution in [0, 0.1) is 11.3 Å². The van der Waals surface area contributed by atoms with Gasteiger partial charge in [-0.25, -0.2) is 0 Å². The smallest absolute Gasteiger partial charge is 0.417 e. The number of hydrogen-bond acceptors (Lipinski definition) is 4. The number of alkyl halides is 3. The maximum atomic E-state index is 12.8. The number of nitrogens with zero attached hydrogens (tertiary/aromatic N) is 1. The van der Waals surface area contributed by atoms with Crippen molar-refractivity contribution in [1.29, 1.82) is 5.26 Å². The fraction of sp³-hybridized carbons (Fsp3) is 0.214. The lowest BCUT2D eigenvalue weighted by molar-refractivity contribution is -0.137. The van der Waals surface area contributed by atoms with Crippen LogP contribution >= 0.6 is 0 Å². The van der Waals surface area contributed by atoms with Gasteiger partial charge >= 0.3 is 6.18 Å². The molecule has 2 N–H and O–H groups in total. The maximum Gasteiger partial charge on any atom is 0.417 e. The fourth-order valence-electron chi connectivity index (χ4n) is 1.78. The van der Waals surface area contributed by atoms with E-state index >= 15 is 0 Å². The van der Waals surface area contributed by atoms with Gasteiger partial charge in [0.1, 0.15) is 18.1 Å². The highest BCUT2D eigenvalue weighted by Crippen LogP contribution is 2.33. The zero-order chi connectivity index (χ0) is 15.5. The van der Waals surface area contributed by atoms with Crippen LogP contribution in [0.25, 0.3) is 0 Å². The maximum absolute atomic E-state index is 12.8. The van der Waals surface area contributed by atoms with Crippen molar-refractivity contribution >= 4 is 5.69 Å². The molecule has 0 bridgehead atoms. The van der Waals surface area contributed by atoms with E-state index in [2.05, 4.69) is 5.32 Å². The molecule has 0 radical (unpaired) electrons. The Hall–Kier alpha value is -2.46. The number of furan rings is 1. The Morgan fingerprint density at radius 1 is 1.19 bits per heavy atom. The molecule has 7 heteroatoms. The van der Waals surface area contributed by atoms with Gasteiger partial charge in [-0.15, -0.1) is 0 Å². The predicted octanol–water partition coefficient (Wildman–Crippen LogP) is 3.27. The molecule has 0 aliphatic rings. The minimum Gasteiger partial charge on any atom is -0.462 e. The van der Waals surface area contributed by atoms with Crippen LogP contribution in [0.4, 0.5) is 18.9 Å². The highest BCUT2D eigenvalue weighted by Gasteiger charge is 2.33. The lowest BCUT2D eigenvalue weighted by Crippen LogP contribution is -2.09. The molecule has 0 unspecified atom stereocenters. The first-order valence-corrected chi connectivity index (χ1v) is 5.97. The molecule has 0 saturated heterocycles. The molecule has 1 heterocycles. The molecular formula is C14H11F3N2O2. The van der Waals surface area contributed by atoms with E-state index < -0.39 is 17.3 Å². The number of aliphatic hydroxyl groups is 1. The standard InChI is InChI=1S/C14H11F3N2O2/c15-14(16,17)13-5-10(2-1-9(13)6-18)19-7-11-3-4-12(8-20)21-11/h1-5,19-20H,7-8H2. The van der Waals surface area contributed by atoms with Gasteiger partial charge in [-0.1, -0.05) is 0 Å². The molecule has 1 aromatic carbocycles. The topological polar surface area (TPSA) is 69.2 Å². The average molecular weight is 296 g/mol. The highest BCUT2D eigenvalue weighted by atomic mass is 19.4. The van der Waals surface area contributed by atoms with Crippen LogP contribution in [-0.2, 0) is 19.3 Å². The van der Waals surface area contributed by atoms with Gasteiger partial charge in [0.15, 0.2) is 0 Å². The summed E-state index contributed by atoms with van der Waals surface area (Å²) in [5, 5.41) is 20.3. The summed E-state index contributed by atoms with van der Waals surface area (Å²) in [5.41, 5.74) is -1.18. The second-order valence-corrected chi connectivity index (χ2v) is 4.25. The summed E-state index contributed by atoms with van der Waals surface area (Å²) in [6.07, 6.45) is -4.59. The zero-order valence-corrected chi connectivity index (χ0v) is 10.7. The van der Waals surface area contributed by atoms with Crippen LogP contribution in [0.1, 0.15) is 22.6 Å². The number of nitrogens with one attached hydrogen (secondary N) is 1. The number of halogens is 3. The first-order valence-electron chi connectivity index (χ1n) is 5.97. The quantitative estimate of drug-likeness (QED) is 0.908. The first kappa shape index (κ1) is 14.9. The van der Waals surface area contributed by atoms with Crippen molar-refractivity contribution < 1.29 is 22.7 Å². The molecule has 4 nitrogen and oxygen atoms in total. The van der Waals surface area contributed by atoms with Crippen LogP contribution in [0.5, 0.6) is 0 Å². The summed E-state index contributed by atoms with van der Waals surface area (Å²) in [5.74, 6) is 0.861. The van der Waals surface area contributed by atoms with Crippen molar-refractivity contribution in [3.8, 4) is 6.07 Å². The molecular weight excluding hydrogens is 285 g/mol. The number of nitriles is 1. The van der Waals surface area contributed by atoms with Crippen LogP contribution in [0.15, 0.2) is 34.7 Å². The predicted molar refractivity (Wildman–Crippen MR) is 68.1 cm³/mol. The Bertz CT molecular complexity index is 672. The molecule has 110 valence electrons. The average Bonchev–Trinajstić information content (AvgIpc) is 2.92. The van der Waals surface area contributed by atoms with Crippen molar-refractivity contribution in [3.05, 3.63) is 53.0 Å². The van der Waals surface area contributed by atoms with Gasteiger partial charge in [0.25, 0.3) is 0 Å². The van der Waals surface area contributed by atoms with E-state index in [-0.39, 0.29) is 18.8 Å². The third-order valence-electron chi connectivity index (χ3n) is 2.79. The van der Waals surface area contributed by atoms with Gasteiger partial charge in [-0.3, -0.25) is 0 Å². The third-order valence-corrected chi connectivity index (χ3v) is 2.79. The SMILES string of the molecule is N#Cc1ccc(NCc2ccc(CO)o2)cc1C(F)(F)F. The number of aliphatic hydroxyl groups excluding tert-OH is 1. The molecule has 0 aliphatic heterocycles. The summed E-state index contributed by atoms with van der Waals surface area (Å²) in [4.78, 5) is 0. The van der Waals surface area contributed by atoms with Crippen molar-refractivity contribution in [3.63, 3.8) is 0 Å². The van der Waals surface area contributed by atoms with Gasteiger partial charge < -0.3 is 14.8 Å². The summed E-state index contributed by atoms with van der Waals surface area (Å²) >= 11 is 0. The Morgan fingerprint density at radius 2 is 1.90 bits per heavy atom. The monoisotopic (exact) mass is 296 g/mol. The first-order chi connectivity index (χ1) is 9.94. The fourth-order valence-corrected chi connectivity index (χ4v) is 1.78. The van der Waals surface area contributed by atoms with Crippen LogP contribution in [-0.4, -0.2) is 5.11 Å². The third kappa shape index (κ3) is 3.55. The van der Waals surface area contributed by atoms with E-state index in [0.717, 1.165) is 12.1 Å². The van der Waals surface area contributed by atoms with Gasteiger partial charge in [0.05, 0.1) is 23.7 Å². The van der Waals surface area contributed by atoms with Crippen molar-refractivity contribution in [1.82, 2.24) is 0 Å². The van der Waals surface area contributed by atoms with Crippen LogP contribution in [0.3, 0.4) is 0 Å². The molecule has 0 fully saturated rings. The molecule has 21 heavy (non-hydrogen) atoms. The zero-order valence-electron chi connectivity index (χ0n) is 10.7. The number of anilines is 1. The Morgan fingerprint density at radius 3 is 2.48 bits per heavy atom. The molecule has 2 aromatic rings. The van der Waals surface area contributed by atoms with E-state index in [4.69, 9.17) is 14.8 Å². The Kier molecular flexibility index (Phi) is 4.19. The van der Waals surface area contributed by atoms with Crippen LogP contribution < -0.4 is 5.32 Å². The Labute approximate surface area is 118 Å². The van der Waals surface area contributed by atoms with E-state index in [1.165, 1.54) is 12.1 Å². The molecule has 0 atom stereocenters. The summed E-state index contributed by atoms with van der Waals surface area (Å²) in [7, 11) is 0. The molecule has 0 saturated carbocycles. The second-order valence-electron chi connectivity index (χ2n) is 4.25. The minimum absolute atomic E-state index is 0.170. The summed E-state index contributed by atoms with van der Waals surface area (Å²) in [6.45, 7) is -0.0711. The van der Waals surface area contributed by atoms with Gasteiger partial charge in [-0.05, 0) is 30.3 Å². The van der Waals surface area contributed by atoms with Gasteiger partial charge in [0, 0.05) is 5.69 Å². The van der Waals surface area contributed by atoms with Crippen LogP contribution in [0.2, 0.25) is 0 Å². The molecule has 0 spiro atoms. The number of benzene rings is 1. The summed E-state index contributed by atoms with van der Waals surface area (Å²) < 4.78 is 43.6. The van der Waals surface area contributed by atoms with E-state index in [0.29, 0.717) is 11.5 Å². The van der Waals surface area contributed by atoms with E-state index in [1.54, 1.807) is 12.1 Å². The lowest BCUT2D eigenvalue weighted by atomic mass is 10.1. The molecule has 0 aliphatic carbocycles. The molecule has 2 rings (SSSR count). The summed E-state index contributed by atoms with van der Waals surface area (Å²) in [6, 6.07) is 8.11. The second kappa shape index (κ2) is 5.89.